The van der Waals surface area contributed by atoms with Crippen LogP contribution in [0.1, 0.15) is 41.6 Å². The Morgan fingerprint density at radius 3 is 2.29 bits per heavy atom. The van der Waals surface area contributed by atoms with Crippen molar-refractivity contribution in [1.82, 2.24) is 5.32 Å². The van der Waals surface area contributed by atoms with E-state index in [0.29, 0.717) is 11.1 Å². The van der Waals surface area contributed by atoms with Crippen LogP contribution in [0.3, 0.4) is 0 Å². The number of hydrogen-bond donors (Lipinski definition) is 2. The molecule has 0 radical (unpaired) electrons. The average Bonchev–Trinajstić information content (AvgIpc) is 2.40. The fourth-order valence-electron chi connectivity index (χ4n) is 2.54. The molecule has 1 aromatic rings. The molecule has 1 aliphatic carbocycles. The smallest absolute Gasteiger partial charge is 0.251 e. The monoisotopic (exact) mass is 311 g/mol. The number of rotatable bonds is 4. The first kappa shape index (κ1) is 16.0. The molecule has 0 bridgehead atoms. The summed E-state index contributed by atoms with van der Waals surface area (Å²) in [5.74, 6) is -0.169. The number of aliphatic hydroxyl groups excluding tert-OH is 1. The van der Waals surface area contributed by atoms with Crippen molar-refractivity contribution in [2.24, 2.45) is 0 Å². The molecule has 0 atom stereocenters. The topological polar surface area (TPSA) is 83.5 Å². The first-order valence-electron chi connectivity index (χ1n) is 7.09. The van der Waals surface area contributed by atoms with Crippen LogP contribution in [0.4, 0.5) is 0 Å². The zero-order valence-corrected chi connectivity index (χ0v) is 12.9. The Kier molecular flexibility index (Phi) is 5.00. The predicted octanol–water partition coefficient (Wildman–Crippen LogP) is 1.26. The SMILES string of the molecule is CS(=O)(=O)Cc1ccc(C(=O)NC2CCC(O)CC2)cc1. The van der Waals surface area contributed by atoms with Crippen LogP contribution in [-0.2, 0) is 15.6 Å². The molecule has 0 spiro atoms. The Hall–Kier alpha value is -1.40. The normalized spacial score (nSPS) is 22.8. The lowest BCUT2D eigenvalue weighted by molar-refractivity contribution is 0.0867. The molecule has 0 saturated heterocycles. The van der Waals surface area contributed by atoms with E-state index >= 15 is 0 Å². The molecular formula is C15H21NO4S. The number of hydrogen-bond acceptors (Lipinski definition) is 4. The molecule has 2 rings (SSSR count). The van der Waals surface area contributed by atoms with E-state index in [1.807, 2.05) is 0 Å². The van der Waals surface area contributed by atoms with Crippen molar-refractivity contribution < 1.29 is 18.3 Å². The summed E-state index contributed by atoms with van der Waals surface area (Å²) in [7, 11) is -3.06. The van der Waals surface area contributed by atoms with Gasteiger partial charge in [0.2, 0.25) is 0 Å². The van der Waals surface area contributed by atoms with Gasteiger partial charge in [-0.2, -0.15) is 0 Å². The predicted molar refractivity (Wildman–Crippen MR) is 80.7 cm³/mol. The number of aliphatic hydroxyl groups is 1. The van der Waals surface area contributed by atoms with E-state index in [0.717, 1.165) is 25.7 Å². The molecule has 0 aromatic heterocycles. The van der Waals surface area contributed by atoms with Gasteiger partial charge in [-0.1, -0.05) is 12.1 Å². The minimum atomic E-state index is -3.06. The number of carbonyl (C=O) groups is 1. The molecule has 6 heteroatoms. The highest BCUT2D eigenvalue weighted by Crippen LogP contribution is 2.18. The van der Waals surface area contributed by atoms with Crippen molar-refractivity contribution in [3.8, 4) is 0 Å². The molecule has 1 saturated carbocycles. The van der Waals surface area contributed by atoms with Gasteiger partial charge in [0, 0.05) is 17.9 Å². The lowest BCUT2D eigenvalue weighted by atomic mass is 9.93. The third kappa shape index (κ3) is 5.13. The molecule has 1 fully saturated rings. The maximum atomic E-state index is 12.1. The number of sulfone groups is 1. The van der Waals surface area contributed by atoms with Crippen LogP contribution in [-0.4, -0.2) is 37.8 Å². The zero-order valence-electron chi connectivity index (χ0n) is 12.1. The van der Waals surface area contributed by atoms with Crippen LogP contribution in [0.25, 0.3) is 0 Å². The summed E-state index contributed by atoms with van der Waals surface area (Å²) in [6.45, 7) is 0. The van der Waals surface area contributed by atoms with Gasteiger partial charge in [0.05, 0.1) is 11.9 Å². The zero-order chi connectivity index (χ0) is 15.5. The van der Waals surface area contributed by atoms with Gasteiger partial charge in [-0.3, -0.25) is 4.79 Å². The Bertz CT molecular complexity index is 587. The van der Waals surface area contributed by atoms with E-state index in [4.69, 9.17) is 0 Å². The average molecular weight is 311 g/mol. The largest absolute Gasteiger partial charge is 0.393 e. The van der Waals surface area contributed by atoms with Gasteiger partial charge in [0.15, 0.2) is 9.84 Å². The Morgan fingerprint density at radius 2 is 1.76 bits per heavy atom. The molecule has 0 heterocycles. The van der Waals surface area contributed by atoms with Crippen molar-refractivity contribution in [2.45, 2.75) is 43.6 Å². The van der Waals surface area contributed by atoms with Gasteiger partial charge >= 0.3 is 0 Å². The highest BCUT2D eigenvalue weighted by Gasteiger charge is 2.21. The van der Waals surface area contributed by atoms with E-state index < -0.39 is 9.84 Å². The summed E-state index contributed by atoms with van der Waals surface area (Å²) in [6, 6.07) is 6.74. The van der Waals surface area contributed by atoms with Gasteiger partial charge < -0.3 is 10.4 Å². The van der Waals surface area contributed by atoms with E-state index in [9.17, 15) is 18.3 Å². The van der Waals surface area contributed by atoms with Crippen LogP contribution in [0.15, 0.2) is 24.3 Å². The van der Waals surface area contributed by atoms with Crippen molar-refractivity contribution in [2.75, 3.05) is 6.26 Å². The van der Waals surface area contributed by atoms with Crippen LogP contribution in [0.5, 0.6) is 0 Å². The summed E-state index contributed by atoms with van der Waals surface area (Å²) in [5.41, 5.74) is 1.20. The second-order valence-corrected chi connectivity index (χ2v) is 7.89. The molecule has 2 N–H and O–H groups in total. The summed E-state index contributed by atoms with van der Waals surface area (Å²) in [5, 5.41) is 12.4. The highest BCUT2D eigenvalue weighted by atomic mass is 32.2. The molecule has 5 nitrogen and oxygen atoms in total. The quantitative estimate of drug-likeness (QED) is 0.877. The fraction of sp³-hybridized carbons (Fsp3) is 0.533. The second-order valence-electron chi connectivity index (χ2n) is 5.75. The third-order valence-corrected chi connectivity index (χ3v) is 4.53. The first-order valence-corrected chi connectivity index (χ1v) is 9.15. The summed E-state index contributed by atoms with van der Waals surface area (Å²) in [4.78, 5) is 12.1. The van der Waals surface area contributed by atoms with E-state index in [1.54, 1.807) is 24.3 Å². The number of benzene rings is 1. The summed E-state index contributed by atoms with van der Waals surface area (Å²) >= 11 is 0. The minimum Gasteiger partial charge on any atom is -0.393 e. The van der Waals surface area contributed by atoms with Gasteiger partial charge in [0.1, 0.15) is 0 Å². The molecule has 0 unspecified atom stereocenters. The highest BCUT2D eigenvalue weighted by molar-refractivity contribution is 7.89. The number of amides is 1. The van der Waals surface area contributed by atoms with Crippen LogP contribution < -0.4 is 5.32 Å². The van der Waals surface area contributed by atoms with E-state index in [2.05, 4.69) is 5.32 Å². The van der Waals surface area contributed by atoms with Gasteiger partial charge in [-0.25, -0.2) is 8.42 Å². The van der Waals surface area contributed by atoms with Crippen molar-refractivity contribution in [3.05, 3.63) is 35.4 Å². The maximum Gasteiger partial charge on any atom is 0.251 e. The van der Waals surface area contributed by atoms with Crippen LogP contribution in [0.2, 0.25) is 0 Å². The summed E-state index contributed by atoms with van der Waals surface area (Å²) < 4.78 is 22.4. The van der Waals surface area contributed by atoms with Gasteiger partial charge in [0.25, 0.3) is 5.91 Å². The second kappa shape index (κ2) is 6.58. The first-order chi connectivity index (χ1) is 9.83. The minimum absolute atomic E-state index is 0.0184. The van der Waals surface area contributed by atoms with Crippen LogP contribution in [0, 0.1) is 0 Å². The molecule has 1 amide bonds. The van der Waals surface area contributed by atoms with Gasteiger partial charge in [-0.05, 0) is 43.4 Å². The van der Waals surface area contributed by atoms with Crippen molar-refractivity contribution in [1.29, 1.82) is 0 Å². The Labute approximate surface area is 125 Å². The third-order valence-electron chi connectivity index (χ3n) is 3.68. The Balaban J connectivity index is 1.94. The summed E-state index contributed by atoms with van der Waals surface area (Å²) in [6.07, 6.45) is 3.97. The standard InChI is InChI=1S/C15H21NO4S/c1-21(19,20)10-11-2-4-12(5-3-11)15(18)16-13-6-8-14(17)9-7-13/h2-5,13-14,17H,6-10H2,1H3,(H,16,18). The molecule has 1 aliphatic rings. The lowest BCUT2D eigenvalue weighted by Crippen LogP contribution is -2.38. The number of carbonyl (C=O) groups excluding carboxylic acids is 1. The van der Waals surface area contributed by atoms with Gasteiger partial charge in [-0.15, -0.1) is 0 Å². The lowest BCUT2D eigenvalue weighted by Gasteiger charge is -2.26. The van der Waals surface area contributed by atoms with Crippen molar-refractivity contribution >= 4 is 15.7 Å². The van der Waals surface area contributed by atoms with Crippen molar-refractivity contribution in [3.63, 3.8) is 0 Å². The fourth-order valence-corrected chi connectivity index (χ4v) is 3.34. The molecular weight excluding hydrogens is 290 g/mol. The van der Waals surface area contributed by atoms with E-state index in [-0.39, 0.29) is 23.8 Å². The number of nitrogens with one attached hydrogen (secondary N) is 1. The van der Waals surface area contributed by atoms with E-state index in [1.165, 1.54) is 6.26 Å². The Morgan fingerprint density at radius 1 is 1.19 bits per heavy atom. The maximum absolute atomic E-state index is 12.1. The molecule has 116 valence electrons. The molecule has 0 aliphatic heterocycles. The van der Waals surface area contributed by atoms with Crippen LogP contribution >= 0.6 is 0 Å². The molecule has 21 heavy (non-hydrogen) atoms. The molecule has 1 aromatic carbocycles.